The molecule has 0 radical (unpaired) electrons. The SMILES string of the molecule is Cn1cc2cc(NC(=O)C(CC3CCC3)N3CON(c4cc(Cl)ccc4-n4cnnn4)CO3)ccc2n1. The van der Waals surface area contributed by atoms with Crippen LogP contribution in [0.25, 0.3) is 16.6 Å². The first-order valence-electron chi connectivity index (χ1n) is 12.1. The van der Waals surface area contributed by atoms with Gasteiger partial charge in [0, 0.05) is 29.3 Å². The maximum atomic E-state index is 13.5. The van der Waals surface area contributed by atoms with E-state index >= 15 is 0 Å². The number of aromatic nitrogens is 6. The Morgan fingerprint density at radius 3 is 2.78 bits per heavy atom. The molecule has 6 rings (SSSR count). The molecule has 13 heteroatoms. The number of rotatable bonds is 7. The number of hydrogen-bond donors (Lipinski definition) is 1. The van der Waals surface area contributed by atoms with Gasteiger partial charge < -0.3 is 5.32 Å². The van der Waals surface area contributed by atoms with Crippen molar-refractivity contribution in [1.29, 1.82) is 0 Å². The average Bonchev–Trinajstić information content (AvgIpc) is 3.52. The summed E-state index contributed by atoms with van der Waals surface area (Å²) in [6.45, 7) is 0.125. The third kappa shape index (κ3) is 5.01. The zero-order valence-corrected chi connectivity index (χ0v) is 21.0. The van der Waals surface area contributed by atoms with Crippen LogP contribution in [0.15, 0.2) is 48.9 Å². The molecule has 1 amide bonds. The van der Waals surface area contributed by atoms with E-state index in [0.29, 0.717) is 34.4 Å². The van der Waals surface area contributed by atoms with Crippen molar-refractivity contribution in [2.24, 2.45) is 13.0 Å². The summed E-state index contributed by atoms with van der Waals surface area (Å²) in [5, 5.41) is 23.5. The Labute approximate surface area is 217 Å². The first kappa shape index (κ1) is 23.8. The molecular formula is C24H26ClN9O3. The molecule has 37 heavy (non-hydrogen) atoms. The number of nitrogens with zero attached hydrogens (tertiary/aromatic N) is 8. The molecule has 4 aromatic rings. The van der Waals surface area contributed by atoms with Crippen molar-refractivity contribution in [3.63, 3.8) is 0 Å². The number of hydrogen-bond acceptors (Lipinski definition) is 9. The van der Waals surface area contributed by atoms with E-state index in [4.69, 9.17) is 21.3 Å². The lowest BCUT2D eigenvalue weighted by Gasteiger charge is -2.40. The van der Waals surface area contributed by atoms with Gasteiger partial charge in [0.2, 0.25) is 5.91 Å². The summed E-state index contributed by atoms with van der Waals surface area (Å²) in [5.41, 5.74) is 2.92. The van der Waals surface area contributed by atoms with E-state index in [-0.39, 0.29) is 19.4 Å². The summed E-state index contributed by atoms with van der Waals surface area (Å²) in [7, 11) is 1.87. The normalized spacial score (nSPS) is 17.6. The number of anilines is 2. The summed E-state index contributed by atoms with van der Waals surface area (Å²) in [6.07, 6.45) is 7.53. The molecule has 1 aliphatic heterocycles. The summed E-state index contributed by atoms with van der Waals surface area (Å²) in [5.74, 6) is 0.349. The minimum atomic E-state index is -0.504. The molecule has 192 valence electrons. The maximum Gasteiger partial charge on any atom is 0.244 e. The molecule has 2 aromatic heterocycles. The number of fused-ring (bicyclic) bond motifs is 1. The highest BCUT2D eigenvalue weighted by atomic mass is 35.5. The molecule has 12 nitrogen and oxygen atoms in total. The van der Waals surface area contributed by atoms with Crippen LogP contribution in [-0.2, 0) is 21.5 Å². The van der Waals surface area contributed by atoms with Gasteiger partial charge in [-0.2, -0.15) is 9.78 Å². The van der Waals surface area contributed by atoms with E-state index in [1.54, 1.807) is 33.0 Å². The van der Waals surface area contributed by atoms with Crippen LogP contribution in [-0.4, -0.2) is 60.5 Å². The van der Waals surface area contributed by atoms with E-state index in [2.05, 4.69) is 25.9 Å². The van der Waals surface area contributed by atoms with Crippen LogP contribution in [0.1, 0.15) is 25.7 Å². The lowest BCUT2D eigenvalue weighted by molar-refractivity contribution is -0.281. The van der Waals surface area contributed by atoms with Gasteiger partial charge in [-0.3, -0.25) is 19.2 Å². The van der Waals surface area contributed by atoms with Crippen molar-refractivity contribution < 1.29 is 14.5 Å². The Kier molecular flexibility index (Phi) is 6.47. The Morgan fingerprint density at radius 2 is 2.05 bits per heavy atom. The first-order chi connectivity index (χ1) is 18.0. The van der Waals surface area contributed by atoms with Gasteiger partial charge in [-0.05, 0) is 59.2 Å². The molecular weight excluding hydrogens is 498 g/mol. The average molecular weight is 524 g/mol. The number of hydroxylamine groups is 3. The number of nitrogens with one attached hydrogen (secondary N) is 1. The molecule has 1 atom stereocenters. The van der Waals surface area contributed by atoms with Crippen molar-refractivity contribution in [2.75, 3.05) is 23.8 Å². The Bertz CT molecular complexity index is 1400. The summed E-state index contributed by atoms with van der Waals surface area (Å²) < 4.78 is 3.28. The minimum Gasteiger partial charge on any atom is -0.325 e. The van der Waals surface area contributed by atoms with E-state index in [0.717, 1.165) is 23.7 Å². The largest absolute Gasteiger partial charge is 0.325 e. The second-order valence-corrected chi connectivity index (χ2v) is 9.75. The van der Waals surface area contributed by atoms with Crippen molar-refractivity contribution in [2.45, 2.75) is 31.7 Å². The molecule has 2 aromatic carbocycles. The predicted molar refractivity (Wildman–Crippen MR) is 135 cm³/mol. The van der Waals surface area contributed by atoms with Gasteiger partial charge in [-0.25, -0.2) is 5.06 Å². The Hall–Kier alpha value is -3.58. The number of aryl methyl sites for hydroxylation is 1. The molecule has 1 saturated carbocycles. The van der Waals surface area contributed by atoms with Crippen molar-refractivity contribution >= 4 is 39.8 Å². The Balaban J connectivity index is 1.18. The van der Waals surface area contributed by atoms with Gasteiger partial charge in [0.15, 0.2) is 13.5 Å². The molecule has 1 saturated heterocycles. The standard InChI is InChI=1S/C24H26ClN9O3/c1-31-12-17-10-19(6-7-20(17)28-31)27-24(35)23(9-16-3-2-4-16)34-15-36-33(14-37-34)22-11-18(25)5-8-21(22)32-13-26-29-30-32/h5-8,10-13,16,23H,2-4,9,14-15H2,1H3,(H,27,35). The van der Waals surface area contributed by atoms with Crippen LogP contribution in [0.5, 0.6) is 0 Å². The number of carbonyl (C=O) groups excluding carboxylic acids is 1. The van der Waals surface area contributed by atoms with Crippen LogP contribution >= 0.6 is 11.6 Å². The van der Waals surface area contributed by atoms with Crippen LogP contribution in [0.4, 0.5) is 11.4 Å². The number of benzene rings is 2. The molecule has 2 fully saturated rings. The highest BCUT2D eigenvalue weighted by molar-refractivity contribution is 6.31. The fraction of sp³-hybridized carbons (Fsp3) is 0.375. The summed E-state index contributed by atoms with van der Waals surface area (Å²) >= 11 is 6.26. The number of tetrazole rings is 1. The Morgan fingerprint density at radius 1 is 1.16 bits per heavy atom. The smallest absolute Gasteiger partial charge is 0.244 e. The van der Waals surface area contributed by atoms with Gasteiger partial charge >= 0.3 is 0 Å². The highest BCUT2D eigenvalue weighted by Gasteiger charge is 2.35. The summed E-state index contributed by atoms with van der Waals surface area (Å²) in [4.78, 5) is 25.6. The first-order valence-corrected chi connectivity index (χ1v) is 12.5. The molecule has 2 aliphatic rings. The van der Waals surface area contributed by atoms with Gasteiger partial charge in [-0.1, -0.05) is 30.9 Å². The lowest BCUT2D eigenvalue weighted by Crippen LogP contribution is -2.52. The van der Waals surface area contributed by atoms with Gasteiger partial charge in [0.05, 0.1) is 16.9 Å². The zero-order valence-electron chi connectivity index (χ0n) is 20.2. The molecule has 0 bridgehead atoms. The van der Waals surface area contributed by atoms with E-state index in [1.807, 2.05) is 31.4 Å². The van der Waals surface area contributed by atoms with E-state index < -0.39 is 6.04 Å². The third-order valence-corrected chi connectivity index (χ3v) is 7.04. The molecule has 1 unspecified atom stereocenters. The molecule has 1 aliphatic carbocycles. The number of amides is 1. The van der Waals surface area contributed by atoms with Gasteiger partial charge in [0.25, 0.3) is 0 Å². The van der Waals surface area contributed by atoms with E-state index in [1.165, 1.54) is 17.4 Å². The third-order valence-electron chi connectivity index (χ3n) is 6.80. The predicted octanol–water partition coefficient (Wildman–Crippen LogP) is 3.30. The number of carbonyl (C=O) groups is 1. The number of halogens is 1. The molecule has 1 N–H and O–H groups in total. The van der Waals surface area contributed by atoms with E-state index in [9.17, 15) is 4.79 Å². The molecule has 3 heterocycles. The monoisotopic (exact) mass is 523 g/mol. The topological polar surface area (TPSA) is 115 Å². The van der Waals surface area contributed by atoms with Gasteiger partial charge in [-0.15, -0.1) is 10.2 Å². The highest BCUT2D eigenvalue weighted by Crippen LogP contribution is 2.34. The van der Waals surface area contributed by atoms with Crippen molar-refractivity contribution in [3.8, 4) is 5.69 Å². The maximum absolute atomic E-state index is 13.5. The van der Waals surface area contributed by atoms with Crippen molar-refractivity contribution in [1.82, 2.24) is 35.1 Å². The van der Waals surface area contributed by atoms with Crippen LogP contribution < -0.4 is 10.4 Å². The van der Waals surface area contributed by atoms with Gasteiger partial charge in [0.1, 0.15) is 12.4 Å². The second kappa shape index (κ2) is 10.1. The van der Waals surface area contributed by atoms with Crippen LogP contribution in [0.3, 0.4) is 0 Å². The second-order valence-electron chi connectivity index (χ2n) is 9.31. The minimum absolute atomic E-state index is 0.0611. The summed E-state index contributed by atoms with van der Waals surface area (Å²) in [6, 6.07) is 10.5. The fourth-order valence-corrected chi connectivity index (χ4v) is 4.83. The van der Waals surface area contributed by atoms with Crippen molar-refractivity contribution in [3.05, 3.63) is 53.9 Å². The zero-order chi connectivity index (χ0) is 25.4. The fourth-order valence-electron chi connectivity index (χ4n) is 4.66. The quantitative estimate of drug-likeness (QED) is 0.389. The van der Waals surface area contributed by atoms with Crippen LogP contribution in [0.2, 0.25) is 5.02 Å². The lowest BCUT2D eigenvalue weighted by atomic mass is 9.80. The van der Waals surface area contributed by atoms with Crippen LogP contribution in [0, 0.1) is 5.92 Å². The molecule has 0 spiro atoms.